The highest BCUT2D eigenvalue weighted by molar-refractivity contribution is 5.91. The molecule has 1 aliphatic heterocycles. The van der Waals surface area contributed by atoms with Gasteiger partial charge >= 0.3 is 17.9 Å². The molecule has 0 aromatic heterocycles. The van der Waals surface area contributed by atoms with Crippen LogP contribution in [-0.2, 0) is 28.6 Å². The van der Waals surface area contributed by atoms with E-state index >= 15 is 0 Å². The standard InChI is InChI=1S/C24H34O6/c1-8-13(4)22(26)30-19-10-18(29-21(25)12(2)3)20-14(5)9-17-16(11-24(19,20)7)15(6)23(27)28-17/h8,12,14,16-20H,6,9-11H2,1-5,7H3/b13-8+/t14-,16-,17+,18+,19-,20-,24-/m1/s1. The van der Waals surface area contributed by atoms with Crippen LogP contribution in [0, 0.1) is 29.1 Å². The van der Waals surface area contributed by atoms with Gasteiger partial charge in [0, 0.05) is 34.8 Å². The summed E-state index contributed by atoms with van der Waals surface area (Å²) in [5, 5.41) is 0. The largest absolute Gasteiger partial charge is 0.462 e. The highest BCUT2D eigenvalue weighted by atomic mass is 16.6. The van der Waals surface area contributed by atoms with Gasteiger partial charge in [-0.2, -0.15) is 0 Å². The molecule has 0 radical (unpaired) electrons. The van der Waals surface area contributed by atoms with Crippen LogP contribution in [0.15, 0.2) is 23.8 Å². The summed E-state index contributed by atoms with van der Waals surface area (Å²) < 4.78 is 17.5. The van der Waals surface area contributed by atoms with E-state index in [1.807, 2.05) is 13.8 Å². The number of rotatable bonds is 4. The van der Waals surface area contributed by atoms with Gasteiger partial charge < -0.3 is 14.2 Å². The van der Waals surface area contributed by atoms with Crippen molar-refractivity contribution in [1.29, 1.82) is 0 Å². The SMILES string of the molecule is C=C1C(=O)O[C@H]2C[C@@H](C)[C@@H]3[C@@H](OC(=O)C(C)C)C[C@@H](OC(=O)/C(C)=C/C)[C@@]3(C)C[C@H]12. The van der Waals surface area contributed by atoms with Crippen LogP contribution in [0.25, 0.3) is 0 Å². The highest BCUT2D eigenvalue weighted by Crippen LogP contribution is 2.58. The number of hydrogen-bond donors (Lipinski definition) is 0. The fourth-order valence-corrected chi connectivity index (χ4v) is 5.60. The van der Waals surface area contributed by atoms with Crippen LogP contribution >= 0.6 is 0 Å². The number of esters is 3. The number of allylic oxidation sites excluding steroid dienone is 1. The van der Waals surface area contributed by atoms with Gasteiger partial charge in [-0.15, -0.1) is 0 Å². The quantitative estimate of drug-likeness (QED) is 0.390. The zero-order chi connectivity index (χ0) is 22.4. The second kappa shape index (κ2) is 8.20. The van der Waals surface area contributed by atoms with Crippen molar-refractivity contribution in [2.75, 3.05) is 0 Å². The fourth-order valence-electron chi connectivity index (χ4n) is 5.60. The molecule has 3 fully saturated rings. The monoisotopic (exact) mass is 418 g/mol. The Labute approximate surface area is 179 Å². The van der Waals surface area contributed by atoms with Gasteiger partial charge in [0.25, 0.3) is 0 Å². The topological polar surface area (TPSA) is 78.9 Å². The Balaban J connectivity index is 1.97. The van der Waals surface area contributed by atoms with E-state index in [9.17, 15) is 14.4 Å². The Morgan fingerprint density at radius 2 is 1.93 bits per heavy atom. The van der Waals surface area contributed by atoms with E-state index in [-0.39, 0.29) is 53.8 Å². The summed E-state index contributed by atoms with van der Waals surface area (Å²) in [4.78, 5) is 37.2. The third-order valence-corrected chi connectivity index (χ3v) is 7.38. The van der Waals surface area contributed by atoms with Gasteiger partial charge in [-0.3, -0.25) is 4.79 Å². The maximum atomic E-state index is 12.6. The molecule has 6 heteroatoms. The van der Waals surface area contributed by atoms with Crippen LogP contribution in [0.4, 0.5) is 0 Å². The van der Waals surface area contributed by atoms with Gasteiger partial charge in [0.2, 0.25) is 0 Å². The number of fused-ring (bicyclic) bond motifs is 2. The lowest BCUT2D eigenvalue weighted by molar-refractivity contribution is -0.157. The number of ether oxygens (including phenoxy) is 3. The summed E-state index contributed by atoms with van der Waals surface area (Å²) in [5.74, 6) is -1.15. The Hall–Kier alpha value is -2.11. The number of carbonyl (C=O) groups is 3. The molecule has 2 saturated carbocycles. The Kier molecular flexibility index (Phi) is 6.17. The number of carbonyl (C=O) groups excluding carboxylic acids is 3. The molecule has 166 valence electrons. The Bertz CT molecular complexity index is 781. The van der Waals surface area contributed by atoms with Gasteiger partial charge in [-0.05, 0) is 32.6 Å². The van der Waals surface area contributed by atoms with Gasteiger partial charge in [0.15, 0.2) is 0 Å². The third-order valence-electron chi connectivity index (χ3n) is 7.38. The van der Waals surface area contributed by atoms with Crippen LogP contribution < -0.4 is 0 Å². The lowest BCUT2D eigenvalue weighted by Gasteiger charge is -2.39. The second-order valence-corrected chi connectivity index (χ2v) is 9.76. The zero-order valence-electron chi connectivity index (χ0n) is 18.9. The van der Waals surface area contributed by atoms with Crippen LogP contribution in [0.5, 0.6) is 0 Å². The molecule has 0 bridgehead atoms. The van der Waals surface area contributed by atoms with Gasteiger partial charge in [-0.1, -0.05) is 40.3 Å². The van der Waals surface area contributed by atoms with E-state index < -0.39 is 11.5 Å². The second-order valence-electron chi connectivity index (χ2n) is 9.76. The minimum atomic E-state index is -0.457. The lowest BCUT2D eigenvalue weighted by Crippen LogP contribution is -2.40. The van der Waals surface area contributed by atoms with Crippen molar-refractivity contribution in [2.24, 2.45) is 29.1 Å². The molecule has 0 N–H and O–H groups in total. The molecular weight excluding hydrogens is 384 g/mol. The maximum absolute atomic E-state index is 12.6. The molecule has 0 aromatic carbocycles. The van der Waals surface area contributed by atoms with E-state index in [0.717, 1.165) is 0 Å². The molecule has 2 aliphatic carbocycles. The summed E-state index contributed by atoms with van der Waals surface area (Å²) in [6.07, 6.45) is 2.50. The van der Waals surface area contributed by atoms with Crippen molar-refractivity contribution in [3.05, 3.63) is 23.8 Å². The summed E-state index contributed by atoms with van der Waals surface area (Å²) in [6.45, 7) is 15.3. The molecule has 0 aromatic rings. The van der Waals surface area contributed by atoms with Crippen molar-refractivity contribution in [2.45, 2.75) is 79.1 Å². The molecule has 30 heavy (non-hydrogen) atoms. The maximum Gasteiger partial charge on any atom is 0.334 e. The average molecular weight is 419 g/mol. The Morgan fingerprint density at radius 3 is 2.53 bits per heavy atom. The molecule has 0 spiro atoms. The minimum absolute atomic E-state index is 0.000939. The molecule has 1 heterocycles. The van der Waals surface area contributed by atoms with E-state index in [2.05, 4.69) is 20.4 Å². The first kappa shape index (κ1) is 22.6. The van der Waals surface area contributed by atoms with E-state index in [0.29, 0.717) is 30.4 Å². The zero-order valence-corrected chi connectivity index (χ0v) is 18.9. The summed E-state index contributed by atoms with van der Waals surface area (Å²) in [5.41, 5.74) is 0.578. The van der Waals surface area contributed by atoms with Crippen LogP contribution in [0.3, 0.4) is 0 Å². The summed E-state index contributed by atoms with van der Waals surface area (Å²) >= 11 is 0. The summed E-state index contributed by atoms with van der Waals surface area (Å²) in [7, 11) is 0. The van der Waals surface area contributed by atoms with E-state index in [1.54, 1.807) is 19.9 Å². The predicted octanol–water partition coefficient (Wildman–Crippen LogP) is 3.99. The molecule has 3 rings (SSSR count). The van der Waals surface area contributed by atoms with Crippen molar-refractivity contribution in [3.63, 3.8) is 0 Å². The van der Waals surface area contributed by atoms with Crippen LogP contribution in [0.1, 0.15) is 60.8 Å². The molecule has 1 saturated heterocycles. The fraction of sp³-hybridized carbons (Fsp3) is 0.708. The first-order valence-electron chi connectivity index (χ1n) is 10.9. The van der Waals surface area contributed by atoms with Gasteiger partial charge in [0.1, 0.15) is 18.3 Å². The molecular formula is C24H34O6. The molecule has 3 aliphatic rings. The lowest BCUT2D eigenvalue weighted by atomic mass is 9.69. The minimum Gasteiger partial charge on any atom is -0.462 e. The van der Waals surface area contributed by atoms with Crippen molar-refractivity contribution >= 4 is 17.9 Å². The van der Waals surface area contributed by atoms with Gasteiger partial charge in [-0.25, -0.2) is 9.59 Å². The highest BCUT2D eigenvalue weighted by Gasteiger charge is 2.61. The van der Waals surface area contributed by atoms with E-state index in [1.165, 1.54) is 0 Å². The number of hydrogen-bond acceptors (Lipinski definition) is 6. The van der Waals surface area contributed by atoms with Crippen molar-refractivity contribution in [1.82, 2.24) is 0 Å². The molecule has 0 amide bonds. The average Bonchev–Trinajstić information content (AvgIpc) is 3.04. The van der Waals surface area contributed by atoms with Crippen molar-refractivity contribution < 1.29 is 28.6 Å². The predicted molar refractivity (Wildman–Crippen MR) is 111 cm³/mol. The Morgan fingerprint density at radius 1 is 1.27 bits per heavy atom. The first-order chi connectivity index (χ1) is 14.0. The first-order valence-corrected chi connectivity index (χ1v) is 10.9. The third kappa shape index (κ3) is 3.81. The van der Waals surface area contributed by atoms with E-state index in [4.69, 9.17) is 14.2 Å². The normalized spacial score (nSPS) is 38.6. The van der Waals surface area contributed by atoms with Crippen LogP contribution in [0.2, 0.25) is 0 Å². The molecule has 6 nitrogen and oxygen atoms in total. The molecule has 7 atom stereocenters. The molecule has 0 unspecified atom stereocenters. The van der Waals surface area contributed by atoms with Gasteiger partial charge in [0.05, 0.1) is 5.92 Å². The smallest absolute Gasteiger partial charge is 0.334 e. The van der Waals surface area contributed by atoms with Crippen LogP contribution in [-0.4, -0.2) is 36.2 Å². The summed E-state index contributed by atoms with van der Waals surface area (Å²) in [6, 6.07) is 0. The van der Waals surface area contributed by atoms with Crippen molar-refractivity contribution in [3.8, 4) is 0 Å².